The summed E-state index contributed by atoms with van der Waals surface area (Å²) in [6.07, 6.45) is 0.0595. The molecule has 1 aliphatic heterocycles. The van der Waals surface area contributed by atoms with E-state index in [0.29, 0.717) is 6.54 Å². The predicted octanol–water partition coefficient (Wildman–Crippen LogP) is 1.45. The molecule has 1 fully saturated rings. The number of halogens is 2. The van der Waals surface area contributed by atoms with Gasteiger partial charge in [-0.15, -0.1) is 0 Å². The molecule has 0 radical (unpaired) electrons. The highest BCUT2D eigenvalue weighted by molar-refractivity contribution is 6.00. The van der Waals surface area contributed by atoms with E-state index >= 15 is 0 Å². The Kier molecular flexibility index (Phi) is 3.78. The third-order valence-corrected chi connectivity index (χ3v) is 3.01. The number of carbonyl (C=O) groups is 2. The summed E-state index contributed by atoms with van der Waals surface area (Å²) in [5.41, 5.74) is 0.147. The molecule has 1 N–H and O–H groups in total. The van der Waals surface area contributed by atoms with Gasteiger partial charge < -0.3 is 10.2 Å². The molecule has 0 bridgehead atoms. The third-order valence-electron chi connectivity index (χ3n) is 3.01. The summed E-state index contributed by atoms with van der Waals surface area (Å²) >= 11 is 0. The van der Waals surface area contributed by atoms with Crippen LogP contribution in [-0.4, -0.2) is 24.9 Å². The van der Waals surface area contributed by atoms with Crippen molar-refractivity contribution >= 4 is 17.5 Å². The van der Waals surface area contributed by atoms with E-state index in [2.05, 4.69) is 5.32 Å². The number of nitrogens with one attached hydrogen (secondary N) is 1. The van der Waals surface area contributed by atoms with Gasteiger partial charge in [0, 0.05) is 31.3 Å². The molecular formula is C13H14F2N2O2. The number of benzene rings is 1. The van der Waals surface area contributed by atoms with E-state index in [4.69, 9.17) is 0 Å². The van der Waals surface area contributed by atoms with Crippen molar-refractivity contribution in [1.82, 2.24) is 5.32 Å². The van der Waals surface area contributed by atoms with Gasteiger partial charge in [0.25, 0.3) is 0 Å². The van der Waals surface area contributed by atoms with Crippen LogP contribution in [0.1, 0.15) is 13.3 Å². The number of hydrogen-bond acceptors (Lipinski definition) is 2. The third kappa shape index (κ3) is 2.89. The van der Waals surface area contributed by atoms with E-state index < -0.39 is 17.6 Å². The molecule has 1 unspecified atom stereocenters. The minimum atomic E-state index is -0.746. The Morgan fingerprint density at radius 1 is 1.37 bits per heavy atom. The van der Waals surface area contributed by atoms with Crippen LogP contribution >= 0.6 is 0 Å². The first-order valence-electron chi connectivity index (χ1n) is 6.05. The molecule has 1 aromatic rings. The standard InChI is InChI=1S/C13H14F2N2O2/c1-2-16-13(19)8-3-12(18)17(7-8)11-5-9(14)4-10(15)6-11/h4-6,8H,2-3,7H2,1H3,(H,16,19). The highest BCUT2D eigenvalue weighted by Gasteiger charge is 2.35. The maximum absolute atomic E-state index is 13.1. The van der Waals surface area contributed by atoms with Crippen LogP contribution in [0.4, 0.5) is 14.5 Å². The summed E-state index contributed by atoms with van der Waals surface area (Å²) in [7, 11) is 0. The molecule has 0 aliphatic carbocycles. The molecule has 2 amide bonds. The second-order valence-corrected chi connectivity index (χ2v) is 4.43. The fourth-order valence-corrected chi connectivity index (χ4v) is 2.15. The van der Waals surface area contributed by atoms with Crippen molar-refractivity contribution in [2.24, 2.45) is 5.92 Å². The second kappa shape index (κ2) is 5.34. The van der Waals surface area contributed by atoms with Gasteiger partial charge in [0.05, 0.1) is 5.92 Å². The van der Waals surface area contributed by atoms with Gasteiger partial charge in [-0.3, -0.25) is 9.59 Å². The highest BCUT2D eigenvalue weighted by Crippen LogP contribution is 2.26. The minimum Gasteiger partial charge on any atom is -0.356 e. The lowest BCUT2D eigenvalue weighted by molar-refractivity contribution is -0.126. The molecule has 0 spiro atoms. The molecule has 1 aliphatic rings. The molecule has 102 valence electrons. The normalized spacial score (nSPS) is 18.8. The molecule has 4 nitrogen and oxygen atoms in total. The number of anilines is 1. The van der Waals surface area contributed by atoms with Crippen molar-refractivity contribution in [3.8, 4) is 0 Å². The SMILES string of the molecule is CCNC(=O)C1CC(=O)N(c2cc(F)cc(F)c2)C1. The summed E-state index contributed by atoms with van der Waals surface area (Å²) in [5.74, 6) is -2.48. The lowest BCUT2D eigenvalue weighted by Gasteiger charge is -2.16. The first-order chi connectivity index (χ1) is 9.01. The summed E-state index contributed by atoms with van der Waals surface area (Å²) in [6.45, 7) is 2.42. The smallest absolute Gasteiger partial charge is 0.227 e. The van der Waals surface area contributed by atoms with E-state index in [1.165, 1.54) is 4.90 Å². The molecule has 6 heteroatoms. The second-order valence-electron chi connectivity index (χ2n) is 4.43. The van der Waals surface area contributed by atoms with E-state index in [-0.39, 0.29) is 30.5 Å². The van der Waals surface area contributed by atoms with Gasteiger partial charge in [0.2, 0.25) is 11.8 Å². The van der Waals surface area contributed by atoms with Crippen LogP contribution < -0.4 is 10.2 Å². The molecule has 1 atom stereocenters. The fourth-order valence-electron chi connectivity index (χ4n) is 2.15. The van der Waals surface area contributed by atoms with E-state index in [9.17, 15) is 18.4 Å². The van der Waals surface area contributed by atoms with Crippen molar-refractivity contribution in [2.75, 3.05) is 18.0 Å². The average molecular weight is 268 g/mol. The summed E-state index contributed by atoms with van der Waals surface area (Å²) in [6, 6.07) is 2.91. The monoisotopic (exact) mass is 268 g/mol. The van der Waals surface area contributed by atoms with E-state index in [1.807, 2.05) is 0 Å². The predicted molar refractivity (Wildman–Crippen MR) is 65.5 cm³/mol. The van der Waals surface area contributed by atoms with Crippen molar-refractivity contribution < 1.29 is 18.4 Å². The van der Waals surface area contributed by atoms with Gasteiger partial charge in [0.15, 0.2) is 0 Å². The quantitative estimate of drug-likeness (QED) is 0.902. The number of amides is 2. The van der Waals surface area contributed by atoms with Crippen LogP contribution in [0.2, 0.25) is 0 Å². The Hall–Kier alpha value is -1.98. The van der Waals surface area contributed by atoms with Gasteiger partial charge >= 0.3 is 0 Å². The number of rotatable bonds is 3. The molecule has 1 aromatic carbocycles. The van der Waals surface area contributed by atoms with E-state index in [1.54, 1.807) is 6.92 Å². The van der Waals surface area contributed by atoms with Gasteiger partial charge in [-0.25, -0.2) is 8.78 Å². The molecule has 2 rings (SSSR count). The van der Waals surface area contributed by atoms with Crippen molar-refractivity contribution in [3.05, 3.63) is 29.8 Å². The molecule has 1 saturated heterocycles. The topological polar surface area (TPSA) is 49.4 Å². The lowest BCUT2D eigenvalue weighted by atomic mass is 10.1. The zero-order chi connectivity index (χ0) is 14.0. The Bertz CT molecular complexity index is 499. The molecule has 19 heavy (non-hydrogen) atoms. The molecule has 0 saturated carbocycles. The Labute approximate surface area is 109 Å². The Balaban J connectivity index is 2.18. The summed E-state index contributed by atoms with van der Waals surface area (Å²) < 4.78 is 26.3. The first kappa shape index (κ1) is 13.5. The molecule has 0 aromatic heterocycles. The van der Waals surface area contributed by atoms with Crippen molar-refractivity contribution in [1.29, 1.82) is 0 Å². The number of carbonyl (C=O) groups excluding carboxylic acids is 2. The van der Waals surface area contributed by atoms with Gasteiger partial charge in [0.1, 0.15) is 11.6 Å². The largest absolute Gasteiger partial charge is 0.356 e. The van der Waals surface area contributed by atoms with Crippen LogP contribution in [0.25, 0.3) is 0 Å². The van der Waals surface area contributed by atoms with Crippen LogP contribution in [-0.2, 0) is 9.59 Å². The minimum absolute atomic E-state index is 0.0595. The lowest BCUT2D eigenvalue weighted by Crippen LogP contribution is -2.32. The zero-order valence-corrected chi connectivity index (χ0v) is 10.5. The van der Waals surface area contributed by atoms with Gasteiger partial charge in [-0.2, -0.15) is 0 Å². The van der Waals surface area contributed by atoms with Gasteiger partial charge in [-0.05, 0) is 19.1 Å². The van der Waals surface area contributed by atoms with Crippen molar-refractivity contribution in [2.45, 2.75) is 13.3 Å². The maximum atomic E-state index is 13.1. The number of nitrogens with zero attached hydrogens (tertiary/aromatic N) is 1. The maximum Gasteiger partial charge on any atom is 0.227 e. The summed E-state index contributed by atoms with van der Waals surface area (Å²) in [5, 5.41) is 2.64. The van der Waals surface area contributed by atoms with Crippen LogP contribution in [0.5, 0.6) is 0 Å². The van der Waals surface area contributed by atoms with Crippen molar-refractivity contribution in [3.63, 3.8) is 0 Å². The first-order valence-corrected chi connectivity index (χ1v) is 6.05. The summed E-state index contributed by atoms with van der Waals surface area (Å²) in [4.78, 5) is 24.7. The zero-order valence-electron chi connectivity index (χ0n) is 10.5. The fraction of sp³-hybridized carbons (Fsp3) is 0.385. The van der Waals surface area contributed by atoms with Crippen LogP contribution in [0.15, 0.2) is 18.2 Å². The van der Waals surface area contributed by atoms with Crippen LogP contribution in [0.3, 0.4) is 0 Å². The Morgan fingerprint density at radius 2 is 2.00 bits per heavy atom. The highest BCUT2D eigenvalue weighted by atomic mass is 19.1. The average Bonchev–Trinajstić information content (AvgIpc) is 2.70. The van der Waals surface area contributed by atoms with Gasteiger partial charge in [-0.1, -0.05) is 0 Å². The number of hydrogen-bond donors (Lipinski definition) is 1. The van der Waals surface area contributed by atoms with E-state index in [0.717, 1.165) is 18.2 Å². The van der Waals surface area contributed by atoms with Crippen LogP contribution in [0, 0.1) is 17.6 Å². The molecular weight excluding hydrogens is 254 g/mol. The molecule has 1 heterocycles. The Morgan fingerprint density at radius 3 is 2.58 bits per heavy atom.